The largest absolute Gasteiger partial charge is 0.496 e. The average Bonchev–Trinajstić information content (AvgIpc) is 3.43. The van der Waals surface area contributed by atoms with E-state index in [4.69, 9.17) is 9.72 Å². The Bertz CT molecular complexity index is 1090. The maximum atomic E-state index is 5.73. The Balaban J connectivity index is 1.98. The maximum absolute atomic E-state index is 5.73. The summed E-state index contributed by atoms with van der Waals surface area (Å²) in [5.41, 5.74) is 5.12. The van der Waals surface area contributed by atoms with Gasteiger partial charge in [0.25, 0.3) is 0 Å². The van der Waals surface area contributed by atoms with Gasteiger partial charge in [0.1, 0.15) is 5.75 Å². The number of benzene rings is 2. The van der Waals surface area contributed by atoms with Crippen molar-refractivity contribution in [3.63, 3.8) is 0 Å². The van der Waals surface area contributed by atoms with Gasteiger partial charge in [-0.2, -0.15) is 5.21 Å². The van der Waals surface area contributed by atoms with E-state index in [0.29, 0.717) is 11.7 Å². The Labute approximate surface area is 169 Å². The zero-order valence-electron chi connectivity index (χ0n) is 17.0. The number of H-pyrrole nitrogens is 1. The summed E-state index contributed by atoms with van der Waals surface area (Å²) in [7, 11) is 1.69. The monoisotopic (exact) mass is 388 g/mol. The highest BCUT2D eigenvalue weighted by Gasteiger charge is 2.24. The fourth-order valence-electron chi connectivity index (χ4n) is 3.47. The summed E-state index contributed by atoms with van der Waals surface area (Å²) >= 11 is 0. The van der Waals surface area contributed by atoms with Gasteiger partial charge in [0.05, 0.1) is 30.9 Å². The first-order valence-corrected chi connectivity index (χ1v) is 9.64. The second kappa shape index (κ2) is 7.87. The molecule has 0 amide bonds. The van der Waals surface area contributed by atoms with Gasteiger partial charge in [-0.1, -0.05) is 55.5 Å². The number of rotatable bonds is 6. The van der Waals surface area contributed by atoms with Gasteiger partial charge in [-0.25, -0.2) is 4.98 Å². The van der Waals surface area contributed by atoms with E-state index in [1.54, 1.807) is 7.11 Å². The fraction of sp³-hybridized carbons (Fsp3) is 0.273. The minimum atomic E-state index is -0.152. The number of nitrogens with one attached hydrogen (secondary N) is 1. The fourth-order valence-corrected chi connectivity index (χ4v) is 3.47. The van der Waals surface area contributed by atoms with E-state index in [1.807, 2.05) is 37.5 Å². The van der Waals surface area contributed by atoms with Crippen molar-refractivity contribution >= 4 is 0 Å². The van der Waals surface area contributed by atoms with Crippen LogP contribution in [0.25, 0.3) is 22.5 Å². The van der Waals surface area contributed by atoms with E-state index in [1.165, 1.54) is 5.56 Å². The van der Waals surface area contributed by atoms with Crippen LogP contribution in [0.1, 0.15) is 44.1 Å². The highest BCUT2D eigenvalue weighted by atomic mass is 16.5. The summed E-state index contributed by atoms with van der Waals surface area (Å²) in [5, 5.41) is 14.6. The standard InChI is InChI=1S/C22H24N6O/c1-14(2)17-10-11-19(29-4)18(12-17)21-20(16-8-6-5-7-9-16)23-13-28(21)15(3)22-24-26-27-25-22/h5-15H,1-4H3,(H,24,25,26,27). The van der Waals surface area contributed by atoms with Gasteiger partial charge in [-0.05, 0) is 30.5 Å². The highest BCUT2D eigenvalue weighted by Crippen LogP contribution is 2.40. The Morgan fingerprint density at radius 1 is 1.03 bits per heavy atom. The number of tetrazole rings is 1. The van der Waals surface area contributed by atoms with Crippen LogP contribution in [0.4, 0.5) is 0 Å². The van der Waals surface area contributed by atoms with Crippen molar-refractivity contribution in [3.05, 3.63) is 66.2 Å². The van der Waals surface area contributed by atoms with Gasteiger partial charge >= 0.3 is 0 Å². The molecule has 2 aromatic carbocycles. The van der Waals surface area contributed by atoms with Gasteiger partial charge < -0.3 is 9.30 Å². The third kappa shape index (κ3) is 3.51. The van der Waals surface area contributed by atoms with E-state index < -0.39 is 0 Å². The number of ether oxygens (including phenoxy) is 1. The van der Waals surface area contributed by atoms with E-state index in [9.17, 15) is 0 Å². The summed E-state index contributed by atoms with van der Waals surface area (Å²) in [6, 6.07) is 16.3. The van der Waals surface area contributed by atoms with Crippen LogP contribution in [0, 0.1) is 0 Å². The van der Waals surface area contributed by atoms with Crippen LogP contribution < -0.4 is 4.74 Å². The molecule has 7 heteroatoms. The Hall–Kier alpha value is -3.48. The lowest BCUT2D eigenvalue weighted by Gasteiger charge is -2.18. The Morgan fingerprint density at radius 2 is 1.83 bits per heavy atom. The molecule has 1 atom stereocenters. The maximum Gasteiger partial charge on any atom is 0.197 e. The third-order valence-corrected chi connectivity index (χ3v) is 5.14. The van der Waals surface area contributed by atoms with Crippen LogP contribution in [0.3, 0.4) is 0 Å². The molecule has 4 rings (SSSR count). The molecule has 2 heterocycles. The Kier molecular flexibility index (Phi) is 5.12. The van der Waals surface area contributed by atoms with Crippen molar-refractivity contribution in [1.82, 2.24) is 30.2 Å². The number of hydrogen-bond acceptors (Lipinski definition) is 5. The lowest BCUT2D eigenvalue weighted by Crippen LogP contribution is -2.10. The van der Waals surface area contributed by atoms with Crippen LogP contribution in [-0.2, 0) is 0 Å². The van der Waals surface area contributed by atoms with E-state index in [-0.39, 0.29) is 6.04 Å². The minimum Gasteiger partial charge on any atom is -0.496 e. The zero-order valence-corrected chi connectivity index (χ0v) is 17.0. The van der Waals surface area contributed by atoms with E-state index in [2.05, 4.69) is 63.3 Å². The second-order valence-corrected chi connectivity index (χ2v) is 7.28. The number of aromatic nitrogens is 6. The quantitative estimate of drug-likeness (QED) is 0.527. The molecule has 148 valence electrons. The smallest absolute Gasteiger partial charge is 0.197 e. The molecule has 0 aliphatic heterocycles. The van der Waals surface area contributed by atoms with Crippen LogP contribution in [0.5, 0.6) is 5.75 Å². The third-order valence-electron chi connectivity index (χ3n) is 5.14. The first-order chi connectivity index (χ1) is 14.1. The molecular weight excluding hydrogens is 364 g/mol. The SMILES string of the molecule is COc1ccc(C(C)C)cc1-c1c(-c2ccccc2)ncn1C(C)c1nn[nH]n1. The van der Waals surface area contributed by atoms with Crippen molar-refractivity contribution < 1.29 is 4.74 Å². The first-order valence-electron chi connectivity index (χ1n) is 9.64. The molecule has 4 aromatic rings. The molecule has 1 unspecified atom stereocenters. The summed E-state index contributed by atoms with van der Waals surface area (Å²) in [6.45, 7) is 6.40. The van der Waals surface area contributed by atoms with Crippen LogP contribution in [-0.4, -0.2) is 37.3 Å². The lowest BCUT2D eigenvalue weighted by molar-refractivity contribution is 0.415. The summed E-state index contributed by atoms with van der Waals surface area (Å²) in [4.78, 5) is 4.76. The molecule has 0 bridgehead atoms. The number of aromatic amines is 1. The van der Waals surface area contributed by atoms with Crippen molar-refractivity contribution in [3.8, 4) is 28.3 Å². The normalized spacial score (nSPS) is 12.3. The van der Waals surface area contributed by atoms with Crippen LogP contribution in [0.2, 0.25) is 0 Å². The van der Waals surface area contributed by atoms with Crippen molar-refractivity contribution in [2.45, 2.75) is 32.7 Å². The van der Waals surface area contributed by atoms with Crippen LogP contribution in [0.15, 0.2) is 54.9 Å². The predicted octanol–water partition coefficient (Wildman–Crippen LogP) is 4.47. The molecule has 0 saturated heterocycles. The highest BCUT2D eigenvalue weighted by molar-refractivity contribution is 5.82. The molecule has 0 spiro atoms. The first kappa shape index (κ1) is 18.9. The summed E-state index contributed by atoms with van der Waals surface area (Å²) in [6.07, 6.45) is 1.83. The average molecular weight is 388 g/mol. The topological polar surface area (TPSA) is 81.5 Å². The number of imidazole rings is 1. The molecule has 7 nitrogen and oxygen atoms in total. The molecule has 0 fully saturated rings. The lowest BCUT2D eigenvalue weighted by atomic mass is 9.96. The van der Waals surface area contributed by atoms with Crippen molar-refractivity contribution in [2.75, 3.05) is 7.11 Å². The minimum absolute atomic E-state index is 0.152. The van der Waals surface area contributed by atoms with Gasteiger partial charge in [-0.3, -0.25) is 0 Å². The molecule has 0 radical (unpaired) electrons. The molecule has 2 aromatic heterocycles. The molecule has 0 aliphatic carbocycles. The molecule has 0 aliphatic rings. The predicted molar refractivity (Wildman–Crippen MR) is 112 cm³/mol. The number of nitrogens with zero attached hydrogens (tertiary/aromatic N) is 5. The van der Waals surface area contributed by atoms with Gasteiger partial charge in [0, 0.05) is 11.1 Å². The van der Waals surface area contributed by atoms with Crippen LogP contribution >= 0.6 is 0 Å². The Morgan fingerprint density at radius 3 is 2.48 bits per heavy atom. The van der Waals surface area contributed by atoms with Gasteiger partial charge in [0.2, 0.25) is 0 Å². The molecule has 1 N–H and O–H groups in total. The van der Waals surface area contributed by atoms with E-state index >= 15 is 0 Å². The zero-order chi connectivity index (χ0) is 20.4. The van der Waals surface area contributed by atoms with Gasteiger partial charge in [-0.15, -0.1) is 10.2 Å². The van der Waals surface area contributed by atoms with Gasteiger partial charge in [0.15, 0.2) is 5.82 Å². The van der Waals surface area contributed by atoms with E-state index in [0.717, 1.165) is 28.3 Å². The molecule has 29 heavy (non-hydrogen) atoms. The molecule has 0 saturated carbocycles. The number of methoxy groups -OCH3 is 1. The molecular formula is C22H24N6O. The second-order valence-electron chi connectivity index (χ2n) is 7.28. The van der Waals surface area contributed by atoms with Crippen molar-refractivity contribution in [1.29, 1.82) is 0 Å². The van der Waals surface area contributed by atoms with Crippen molar-refractivity contribution in [2.24, 2.45) is 0 Å². The summed E-state index contributed by atoms with van der Waals surface area (Å²) < 4.78 is 7.81. The number of hydrogen-bond donors (Lipinski definition) is 1. The summed E-state index contributed by atoms with van der Waals surface area (Å²) in [5.74, 6) is 1.79.